The molecule has 0 unspecified atom stereocenters. The summed E-state index contributed by atoms with van der Waals surface area (Å²) in [6, 6.07) is 4.72. The van der Waals surface area contributed by atoms with Gasteiger partial charge in [0.2, 0.25) is 0 Å². The molecule has 0 bridgehead atoms. The molecule has 82 valence electrons. The van der Waals surface area contributed by atoms with Gasteiger partial charge < -0.3 is 10.2 Å². The van der Waals surface area contributed by atoms with E-state index in [2.05, 4.69) is 20.8 Å². The molecule has 0 radical (unpaired) electrons. The zero-order valence-corrected chi connectivity index (χ0v) is 9.24. The summed E-state index contributed by atoms with van der Waals surface area (Å²) in [5.74, 6) is -1.27. The molecule has 2 N–H and O–H groups in total. The highest BCUT2D eigenvalue weighted by Crippen LogP contribution is 2.24. The van der Waals surface area contributed by atoms with Crippen LogP contribution in [0.2, 0.25) is 0 Å². The van der Waals surface area contributed by atoms with E-state index in [1.165, 1.54) is 12.1 Å². The largest absolute Gasteiger partial charge is 0.507 e. The second-order valence-electron chi connectivity index (χ2n) is 4.89. The van der Waals surface area contributed by atoms with Crippen molar-refractivity contribution in [3.8, 4) is 5.75 Å². The highest BCUT2D eigenvalue weighted by Gasteiger charge is 2.15. The number of benzene rings is 1. The number of carboxylic acid groups (broad SMARTS) is 1. The van der Waals surface area contributed by atoms with Crippen LogP contribution in [0.5, 0.6) is 5.75 Å². The van der Waals surface area contributed by atoms with Crippen molar-refractivity contribution in [3.05, 3.63) is 29.3 Å². The van der Waals surface area contributed by atoms with Gasteiger partial charge in [-0.1, -0.05) is 26.8 Å². The van der Waals surface area contributed by atoms with Crippen LogP contribution in [0, 0.1) is 5.41 Å². The molecular weight excluding hydrogens is 192 g/mol. The summed E-state index contributed by atoms with van der Waals surface area (Å²) in [5.41, 5.74) is 1.00. The molecular formula is C12H16O3. The Morgan fingerprint density at radius 3 is 2.40 bits per heavy atom. The fourth-order valence-electron chi connectivity index (χ4n) is 1.48. The molecule has 0 aliphatic carbocycles. The van der Waals surface area contributed by atoms with Gasteiger partial charge in [-0.05, 0) is 29.5 Å². The van der Waals surface area contributed by atoms with Crippen LogP contribution in [-0.2, 0) is 6.42 Å². The van der Waals surface area contributed by atoms with Crippen LogP contribution in [0.4, 0.5) is 0 Å². The Balaban J connectivity index is 3.03. The number of carbonyl (C=O) groups is 1. The second kappa shape index (κ2) is 3.93. The molecule has 0 aromatic heterocycles. The maximum absolute atomic E-state index is 10.8. The third-order valence-electron chi connectivity index (χ3n) is 2.03. The van der Waals surface area contributed by atoms with Crippen LogP contribution in [0.3, 0.4) is 0 Å². The molecule has 0 aliphatic rings. The topological polar surface area (TPSA) is 57.5 Å². The third kappa shape index (κ3) is 3.27. The predicted molar refractivity (Wildman–Crippen MR) is 58.2 cm³/mol. The fourth-order valence-corrected chi connectivity index (χ4v) is 1.48. The molecule has 0 atom stereocenters. The number of hydrogen-bond donors (Lipinski definition) is 2. The van der Waals surface area contributed by atoms with Gasteiger partial charge in [0.25, 0.3) is 0 Å². The highest BCUT2D eigenvalue weighted by molar-refractivity contribution is 5.90. The first-order chi connectivity index (χ1) is 6.79. The summed E-state index contributed by atoms with van der Waals surface area (Å²) in [5, 5.41) is 18.2. The Bertz CT molecular complexity index is 375. The minimum Gasteiger partial charge on any atom is -0.507 e. The predicted octanol–water partition coefficient (Wildman–Crippen LogP) is 2.68. The molecule has 1 aromatic rings. The Kier molecular flexibility index (Phi) is 3.03. The van der Waals surface area contributed by atoms with E-state index in [1.54, 1.807) is 6.07 Å². The monoisotopic (exact) mass is 208 g/mol. The molecule has 0 heterocycles. The molecule has 3 nitrogen and oxygen atoms in total. The van der Waals surface area contributed by atoms with Gasteiger partial charge in [0, 0.05) is 0 Å². The molecule has 0 amide bonds. The SMILES string of the molecule is CC(C)(C)Cc1ccc(O)c(C(=O)O)c1. The number of aromatic hydroxyl groups is 1. The summed E-state index contributed by atoms with van der Waals surface area (Å²) in [4.78, 5) is 10.8. The Hall–Kier alpha value is -1.51. The maximum Gasteiger partial charge on any atom is 0.339 e. The first-order valence-electron chi connectivity index (χ1n) is 4.85. The lowest BCUT2D eigenvalue weighted by atomic mass is 9.87. The van der Waals surface area contributed by atoms with Gasteiger partial charge >= 0.3 is 5.97 Å². The quantitative estimate of drug-likeness (QED) is 0.785. The molecule has 15 heavy (non-hydrogen) atoms. The van der Waals surface area contributed by atoms with Gasteiger partial charge in [-0.25, -0.2) is 4.79 Å². The van der Waals surface area contributed by atoms with Gasteiger partial charge in [0.15, 0.2) is 0 Å². The molecule has 0 saturated heterocycles. The lowest BCUT2D eigenvalue weighted by Crippen LogP contribution is -2.10. The summed E-state index contributed by atoms with van der Waals surface area (Å²) in [7, 11) is 0. The standard InChI is InChI=1S/C12H16O3/c1-12(2,3)7-8-4-5-10(13)9(6-8)11(14)15/h4-6,13H,7H2,1-3H3,(H,14,15). The molecule has 3 heteroatoms. The zero-order chi connectivity index (χ0) is 11.6. The van der Waals surface area contributed by atoms with E-state index in [0.29, 0.717) is 0 Å². The van der Waals surface area contributed by atoms with E-state index in [1.807, 2.05) is 0 Å². The van der Waals surface area contributed by atoms with E-state index in [0.717, 1.165) is 12.0 Å². The lowest BCUT2D eigenvalue weighted by Gasteiger charge is -2.18. The molecule has 0 aliphatic heterocycles. The minimum absolute atomic E-state index is 0.0308. The van der Waals surface area contributed by atoms with Gasteiger partial charge in [-0.2, -0.15) is 0 Å². The number of carboxylic acids is 1. The van der Waals surface area contributed by atoms with Gasteiger partial charge in [-0.15, -0.1) is 0 Å². The molecule has 0 spiro atoms. The van der Waals surface area contributed by atoms with Crippen LogP contribution in [-0.4, -0.2) is 16.2 Å². The lowest BCUT2D eigenvalue weighted by molar-refractivity contribution is 0.0693. The summed E-state index contributed by atoms with van der Waals surface area (Å²) in [6.07, 6.45) is 0.785. The number of aromatic carboxylic acids is 1. The number of phenols is 1. The van der Waals surface area contributed by atoms with Crippen molar-refractivity contribution in [1.29, 1.82) is 0 Å². The van der Waals surface area contributed by atoms with Crippen molar-refractivity contribution in [2.24, 2.45) is 5.41 Å². The van der Waals surface area contributed by atoms with Crippen LogP contribution in [0.25, 0.3) is 0 Å². The number of rotatable bonds is 2. The Labute approximate surface area is 89.4 Å². The van der Waals surface area contributed by atoms with E-state index >= 15 is 0 Å². The smallest absolute Gasteiger partial charge is 0.339 e. The molecule has 0 fully saturated rings. The summed E-state index contributed by atoms with van der Waals surface area (Å²) < 4.78 is 0. The summed E-state index contributed by atoms with van der Waals surface area (Å²) >= 11 is 0. The second-order valence-corrected chi connectivity index (χ2v) is 4.89. The van der Waals surface area contributed by atoms with Crippen molar-refractivity contribution >= 4 is 5.97 Å². The summed E-state index contributed by atoms with van der Waals surface area (Å²) in [6.45, 7) is 6.25. The normalized spacial score (nSPS) is 11.4. The van der Waals surface area contributed by atoms with Crippen LogP contribution in [0.15, 0.2) is 18.2 Å². The first kappa shape index (κ1) is 11.6. The minimum atomic E-state index is -1.09. The Morgan fingerprint density at radius 1 is 1.33 bits per heavy atom. The van der Waals surface area contributed by atoms with E-state index in [9.17, 15) is 9.90 Å². The zero-order valence-electron chi connectivity index (χ0n) is 9.24. The van der Waals surface area contributed by atoms with Crippen molar-refractivity contribution in [1.82, 2.24) is 0 Å². The maximum atomic E-state index is 10.8. The molecule has 1 rings (SSSR count). The van der Waals surface area contributed by atoms with E-state index in [4.69, 9.17) is 5.11 Å². The fraction of sp³-hybridized carbons (Fsp3) is 0.417. The average Bonchev–Trinajstić information content (AvgIpc) is 2.05. The van der Waals surface area contributed by atoms with Crippen LogP contribution < -0.4 is 0 Å². The van der Waals surface area contributed by atoms with Crippen molar-refractivity contribution in [3.63, 3.8) is 0 Å². The average molecular weight is 208 g/mol. The molecule has 1 aromatic carbocycles. The van der Waals surface area contributed by atoms with Gasteiger partial charge in [-0.3, -0.25) is 0 Å². The Morgan fingerprint density at radius 2 is 1.93 bits per heavy atom. The van der Waals surface area contributed by atoms with Crippen LogP contribution in [0.1, 0.15) is 36.7 Å². The van der Waals surface area contributed by atoms with Crippen molar-refractivity contribution in [2.45, 2.75) is 27.2 Å². The first-order valence-corrected chi connectivity index (χ1v) is 4.85. The van der Waals surface area contributed by atoms with Crippen molar-refractivity contribution in [2.75, 3.05) is 0 Å². The van der Waals surface area contributed by atoms with Gasteiger partial charge in [0.1, 0.15) is 11.3 Å². The number of hydrogen-bond acceptors (Lipinski definition) is 2. The molecule has 0 saturated carbocycles. The van der Waals surface area contributed by atoms with Gasteiger partial charge in [0.05, 0.1) is 0 Å². The van der Waals surface area contributed by atoms with Crippen LogP contribution >= 0.6 is 0 Å². The van der Waals surface area contributed by atoms with E-state index < -0.39 is 5.97 Å². The van der Waals surface area contributed by atoms with E-state index in [-0.39, 0.29) is 16.7 Å². The highest BCUT2D eigenvalue weighted by atomic mass is 16.4. The third-order valence-corrected chi connectivity index (χ3v) is 2.03. The van der Waals surface area contributed by atoms with Crippen molar-refractivity contribution < 1.29 is 15.0 Å².